The zero-order chi connectivity index (χ0) is 37.7. The van der Waals surface area contributed by atoms with Crippen LogP contribution in [0.3, 0.4) is 0 Å². The fourth-order valence-corrected chi connectivity index (χ4v) is 6.19. The summed E-state index contributed by atoms with van der Waals surface area (Å²) in [6.07, 6.45) is 31.4. The molecule has 0 heterocycles. The van der Waals surface area contributed by atoms with Crippen molar-refractivity contribution < 1.29 is 33.4 Å². The van der Waals surface area contributed by atoms with Crippen molar-refractivity contribution in [1.29, 1.82) is 0 Å². The van der Waals surface area contributed by atoms with E-state index in [0.29, 0.717) is 0 Å². The molecule has 0 spiro atoms. The van der Waals surface area contributed by atoms with Crippen molar-refractivity contribution in [2.75, 3.05) is 26.4 Å². The van der Waals surface area contributed by atoms with Gasteiger partial charge in [-0.2, -0.15) is 0 Å². The van der Waals surface area contributed by atoms with Crippen molar-refractivity contribution >= 4 is 23.8 Å². The third kappa shape index (κ3) is 32.2. The van der Waals surface area contributed by atoms with Crippen molar-refractivity contribution in [3.8, 4) is 0 Å². The Hall–Kier alpha value is -2.16. The molecule has 0 aromatic carbocycles. The van der Waals surface area contributed by atoms with E-state index in [1.54, 1.807) is 0 Å². The van der Waals surface area contributed by atoms with Gasteiger partial charge in [0.25, 0.3) is 0 Å². The van der Waals surface area contributed by atoms with E-state index in [4.69, 9.17) is 19.9 Å². The zero-order valence-electron chi connectivity index (χ0n) is 33.5. The molecule has 0 saturated heterocycles. The molecule has 0 saturated carbocycles. The van der Waals surface area contributed by atoms with Crippen LogP contribution in [0.5, 0.6) is 0 Å². The third-order valence-electron chi connectivity index (χ3n) is 9.57. The molecule has 9 heteroatoms. The number of carbonyl (C=O) groups is 4. The molecule has 300 valence electrons. The molecule has 0 radical (unpaired) electrons. The maximum atomic E-state index is 12.8. The molecule has 0 atom stereocenters. The van der Waals surface area contributed by atoms with Crippen LogP contribution in [0.25, 0.3) is 0 Å². The Balaban J connectivity index is 5.03. The van der Waals surface area contributed by atoms with Gasteiger partial charge < -0.3 is 25.3 Å². The molecule has 0 rings (SSSR count). The first-order valence-corrected chi connectivity index (χ1v) is 21.3. The summed E-state index contributed by atoms with van der Waals surface area (Å²) in [5.74, 6) is -1.71. The van der Waals surface area contributed by atoms with Crippen LogP contribution in [0.2, 0.25) is 0 Å². The molecule has 0 aromatic heterocycles. The SMILES string of the molecule is CCCCCCCCCCCC(=O)OCC(COC(=O)CCCCCCCCCCC)(COC(=O)CCCCCCCCCCC)NC(=O)CN. The smallest absolute Gasteiger partial charge is 0.305 e. The van der Waals surface area contributed by atoms with Gasteiger partial charge in [-0.25, -0.2) is 0 Å². The Bertz CT molecular complexity index is 758. The predicted molar refractivity (Wildman–Crippen MR) is 208 cm³/mol. The van der Waals surface area contributed by atoms with Crippen molar-refractivity contribution in [2.45, 2.75) is 219 Å². The number of nitrogens with two attached hydrogens (primary N) is 1. The molecule has 0 unspecified atom stereocenters. The number of ether oxygens (including phenoxy) is 3. The Morgan fingerprint density at radius 3 is 0.882 bits per heavy atom. The summed E-state index contributed by atoms with van der Waals surface area (Å²) in [5.41, 5.74) is 4.21. The van der Waals surface area contributed by atoms with Crippen molar-refractivity contribution in [3.63, 3.8) is 0 Å². The summed E-state index contributed by atoms with van der Waals surface area (Å²) in [4.78, 5) is 50.8. The molecule has 1 amide bonds. The molecule has 3 N–H and O–H groups in total. The number of hydrogen-bond acceptors (Lipinski definition) is 8. The minimum absolute atomic E-state index is 0.257. The first-order valence-electron chi connectivity index (χ1n) is 21.3. The second-order valence-corrected chi connectivity index (χ2v) is 14.7. The van der Waals surface area contributed by atoms with E-state index in [1.165, 1.54) is 116 Å². The summed E-state index contributed by atoms with van der Waals surface area (Å²) < 4.78 is 16.9. The minimum atomic E-state index is -1.42. The van der Waals surface area contributed by atoms with Crippen molar-refractivity contribution in [2.24, 2.45) is 5.73 Å². The Morgan fingerprint density at radius 2 is 0.647 bits per heavy atom. The maximum Gasteiger partial charge on any atom is 0.305 e. The van der Waals surface area contributed by atoms with Crippen LogP contribution in [0.4, 0.5) is 0 Å². The second kappa shape index (κ2) is 36.2. The largest absolute Gasteiger partial charge is 0.463 e. The molecule has 9 nitrogen and oxygen atoms in total. The lowest BCUT2D eigenvalue weighted by Crippen LogP contribution is -2.60. The first kappa shape index (κ1) is 48.8. The van der Waals surface area contributed by atoms with Gasteiger partial charge in [-0.05, 0) is 19.3 Å². The Labute approximate surface area is 313 Å². The predicted octanol–water partition coefficient (Wildman–Crippen LogP) is 10.2. The summed E-state index contributed by atoms with van der Waals surface area (Å²) in [5, 5.41) is 2.77. The topological polar surface area (TPSA) is 134 Å². The fraction of sp³-hybridized carbons (Fsp3) is 0.905. The molecule has 51 heavy (non-hydrogen) atoms. The number of esters is 3. The quantitative estimate of drug-likeness (QED) is 0.0365. The monoisotopic (exact) mass is 725 g/mol. The van der Waals surface area contributed by atoms with Gasteiger partial charge in [-0.3, -0.25) is 19.2 Å². The van der Waals surface area contributed by atoms with Gasteiger partial charge in [0.1, 0.15) is 25.4 Å². The fourth-order valence-electron chi connectivity index (χ4n) is 6.19. The second-order valence-electron chi connectivity index (χ2n) is 14.7. The van der Waals surface area contributed by atoms with Gasteiger partial charge in [-0.15, -0.1) is 0 Å². The van der Waals surface area contributed by atoms with E-state index in [-0.39, 0.29) is 45.6 Å². The number of carbonyl (C=O) groups excluding carboxylic acids is 4. The number of hydrogen-bond donors (Lipinski definition) is 2. The van der Waals surface area contributed by atoms with E-state index in [0.717, 1.165) is 57.8 Å². The summed E-state index contributed by atoms with van der Waals surface area (Å²) in [6, 6.07) is 0. The van der Waals surface area contributed by atoms with Crippen LogP contribution >= 0.6 is 0 Å². The van der Waals surface area contributed by atoms with E-state index in [1.807, 2.05) is 0 Å². The molecular weight excluding hydrogens is 644 g/mol. The number of rotatable bonds is 38. The average Bonchev–Trinajstić information content (AvgIpc) is 3.13. The van der Waals surface area contributed by atoms with Gasteiger partial charge in [0.15, 0.2) is 0 Å². The molecule has 0 fully saturated rings. The third-order valence-corrected chi connectivity index (χ3v) is 9.57. The normalized spacial score (nSPS) is 11.4. The van der Waals surface area contributed by atoms with Crippen molar-refractivity contribution in [3.05, 3.63) is 0 Å². The van der Waals surface area contributed by atoms with Crippen molar-refractivity contribution in [1.82, 2.24) is 5.32 Å². The van der Waals surface area contributed by atoms with Crippen LogP contribution in [-0.4, -0.2) is 55.7 Å². The lowest BCUT2D eigenvalue weighted by atomic mass is 10.0. The standard InChI is InChI=1S/C42H80N2O7/c1-4-7-10-13-16-19-22-25-28-31-39(46)49-35-42(44-38(45)34-43,36-50-40(47)32-29-26-23-20-17-14-11-8-5-2)37-51-41(48)33-30-27-24-21-18-15-12-9-6-3/h4-37,43H2,1-3H3,(H,44,45). The van der Waals surface area contributed by atoms with Gasteiger partial charge >= 0.3 is 17.9 Å². The van der Waals surface area contributed by atoms with E-state index >= 15 is 0 Å². The first-order chi connectivity index (χ1) is 24.8. The number of amides is 1. The van der Waals surface area contributed by atoms with E-state index in [9.17, 15) is 19.2 Å². The van der Waals surface area contributed by atoms with Crippen LogP contribution in [0.1, 0.15) is 213 Å². The number of nitrogens with one attached hydrogen (secondary N) is 1. The molecule has 0 aliphatic carbocycles. The van der Waals surface area contributed by atoms with E-state index in [2.05, 4.69) is 26.1 Å². The van der Waals surface area contributed by atoms with Gasteiger partial charge in [0.2, 0.25) is 5.91 Å². The minimum Gasteiger partial charge on any atom is -0.463 e. The maximum absolute atomic E-state index is 12.8. The molecule has 0 aliphatic heterocycles. The highest BCUT2D eigenvalue weighted by Crippen LogP contribution is 2.16. The van der Waals surface area contributed by atoms with Gasteiger partial charge in [0, 0.05) is 19.3 Å². The lowest BCUT2D eigenvalue weighted by Gasteiger charge is -2.33. The highest BCUT2D eigenvalue weighted by atomic mass is 16.6. The highest BCUT2D eigenvalue weighted by Gasteiger charge is 2.37. The van der Waals surface area contributed by atoms with Crippen LogP contribution < -0.4 is 11.1 Å². The van der Waals surface area contributed by atoms with Crippen LogP contribution in [-0.2, 0) is 33.4 Å². The molecule has 0 bridgehead atoms. The molecule has 0 aliphatic rings. The van der Waals surface area contributed by atoms with Gasteiger partial charge in [-0.1, -0.05) is 175 Å². The summed E-state index contributed by atoms with van der Waals surface area (Å²) >= 11 is 0. The number of unbranched alkanes of at least 4 members (excludes halogenated alkanes) is 24. The van der Waals surface area contributed by atoms with E-state index < -0.39 is 29.4 Å². The summed E-state index contributed by atoms with van der Waals surface area (Å²) in [7, 11) is 0. The van der Waals surface area contributed by atoms with Gasteiger partial charge in [0.05, 0.1) is 6.54 Å². The van der Waals surface area contributed by atoms with Crippen LogP contribution in [0.15, 0.2) is 0 Å². The molecule has 0 aromatic rings. The van der Waals surface area contributed by atoms with Crippen LogP contribution in [0, 0.1) is 0 Å². The Kier molecular flexibility index (Phi) is 34.7. The Morgan fingerprint density at radius 1 is 0.412 bits per heavy atom. The molecular formula is C42H80N2O7. The zero-order valence-corrected chi connectivity index (χ0v) is 33.5. The average molecular weight is 725 g/mol. The summed E-state index contributed by atoms with van der Waals surface area (Å²) in [6.45, 7) is 5.48. The lowest BCUT2D eigenvalue weighted by molar-refractivity contribution is -0.159. The highest BCUT2D eigenvalue weighted by molar-refractivity contribution is 5.79.